The third-order valence-electron chi connectivity index (χ3n) is 8.54. The summed E-state index contributed by atoms with van der Waals surface area (Å²) >= 11 is 0. The molecule has 2 atom stereocenters. The van der Waals surface area contributed by atoms with E-state index >= 15 is 0 Å². The number of aryl methyl sites for hydroxylation is 1. The highest BCUT2D eigenvalue weighted by Gasteiger charge is 2.44. The number of anilines is 2. The van der Waals surface area contributed by atoms with E-state index in [-0.39, 0.29) is 13.0 Å². The fourth-order valence-electron chi connectivity index (χ4n) is 6.19. The Morgan fingerprint density at radius 3 is 2.43 bits per heavy atom. The van der Waals surface area contributed by atoms with Crippen molar-refractivity contribution in [3.8, 4) is 11.1 Å². The molecule has 2 N–H and O–H groups in total. The molecule has 1 aromatic heterocycles. The monoisotopic (exact) mass is 589 g/mol. The maximum Gasteiger partial charge on any atom is 0.398 e. The number of aromatic nitrogens is 1. The normalized spacial score (nSPS) is 22.4. The summed E-state index contributed by atoms with van der Waals surface area (Å²) in [6, 6.07) is 9.85. The number of nitrogens with zero attached hydrogens (tertiary/aromatic N) is 4. The number of alkyl halides is 3. The van der Waals surface area contributed by atoms with Crippen LogP contribution in [-0.2, 0) is 19.1 Å². The molecule has 3 aliphatic rings. The molecule has 3 aliphatic heterocycles. The van der Waals surface area contributed by atoms with Crippen molar-refractivity contribution in [3.63, 3.8) is 0 Å². The second-order valence-corrected chi connectivity index (χ2v) is 11.5. The molecule has 0 bridgehead atoms. The van der Waals surface area contributed by atoms with E-state index in [9.17, 15) is 22.8 Å². The molecule has 0 spiro atoms. The Morgan fingerprint density at radius 1 is 1.05 bits per heavy atom. The van der Waals surface area contributed by atoms with E-state index in [0.717, 1.165) is 67.2 Å². The highest BCUT2D eigenvalue weighted by molar-refractivity contribution is 6.31. The fourth-order valence-corrected chi connectivity index (χ4v) is 6.19. The van der Waals surface area contributed by atoms with Crippen LogP contribution in [0.3, 0.4) is 0 Å². The number of piperidine rings is 1. The maximum atomic E-state index is 13.4. The molecule has 12 heteroatoms. The van der Waals surface area contributed by atoms with Crippen molar-refractivity contribution in [3.05, 3.63) is 41.6 Å². The number of hydrogen-bond donors (Lipinski definition) is 1. The Balaban J connectivity index is 1.51. The number of pyridine rings is 1. The molecule has 2 aromatic rings. The number of primary amides is 1. The van der Waals surface area contributed by atoms with E-state index in [0.29, 0.717) is 24.8 Å². The number of likely N-dealkylation sites (tertiary alicyclic amines) is 1. The zero-order chi connectivity index (χ0) is 30.0. The highest BCUT2D eigenvalue weighted by atomic mass is 19.4. The summed E-state index contributed by atoms with van der Waals surface area (Å²) in [7, 11) is 2.12. The summed E-state index contributed by atoms with van der Waals surface area (Å²) in [6.07, 6.45) is -4.68. The first-order valence-electron chi connectivity index (χ1n) is 14.5. The summed E-state index contributed by atoms with van der Waals surface area (Å²) in [5, 5.41) is 0. The van der Waals surface area contributed by atoms with Crippen molar-refractivity contribution in [2.24, 2.45) is 11.7 Å². The Morgan fingerprint density at radius 2 is 1.76 bits per heavy atom. The van der Waals surface area contributed by atoms with Gasteiger partial charge >= 0.3 is 18.1 Å². The zero-order valence-corrected chi connectivity index (χ0v) is 24.0. The number of hydrogen-bond acceptors (Lipinski definition) is 8. The summed E-state index contributed by atoms with van der Waals surface area (Å²) in [4.78, 5) is 34.8. The predicted octanol–water partition coefficient (Wildman–Crippen LogP) is 3.84. The lowest BCUT2D eigenvalue weighted by Gasteiger charge is -2.32. The molecule has 228 valence electrons. The largest absolute Gasteiger partial charge is 0.434 e. The highest BCUT2D eigenvalue weighted by Crippen LogP contribution is 2.40. The fraction of sp³-hybridized carbons (Fsp3) is 0.567. The van der Waals surface area contributed by atoms with Crippen LogP contribution in [0.2, 0.25) is 0 Å². The maximum absolute atomic E-state index is 13.4. The van der Waals surface area contributed by atoms with Gasteiger partial charge < -0.3 is 29.9 Å². The topological polar surface area (TPSA) is 101 Å². The lowest BCUT2D eigenvalue weighted by Crippen LogP contribution is -2.41. The van der Waals surface area contributed by atoms with Crippen LogP contribution in [0.5, 0.6) is 0 Å². The third kappa shape index (κ3) is 6.97. The second kappa shape index (κ2) is 12.5. The zero-order valence-electron chi connectivity index (χ0n) is 24.0. The van der Waals surface area contributed by atoms with Crippen molar-refractivity contribution in [2.75, 3.05) is 62.8 Å². The Kier molecular flexibility index (Phi) is 8.93. The van der Waals surface area contributed by atoms with Gasteiger partial charge in [0.25, 0.3) is 0 Å². The van der Waals surface area contributed by atoms with Gasteiger partial charge in [-0.1, -0.05) is 6.07 Å². The third-order valence-corrected chi connectivity index (χ3v) is 8.54. The van der Waals surface area contributed by atoms with Crippen LogP contribution in [0.15, 0.2) is 30.3 Å². The van der Waals surface area contributed by atoms with Gasteiger partial charge in [-0.2, -0.15) is 13.2 Å². The molecule has 0 radical (unpaired) electrons. The van der Waals surface area contributed by atoms with Gasteiger partial charge in [0, 0.05) is 42.9 Å². The van der Waals surface area contributed by atoms with Gasteiger partial charge in [0.15, 0.2) is 6.23 Å². The number of carbonyl (C=O) groups is 2. The number of halogens is 3. The number of morpholine rings is 1. The van der Waals surface area contributed by atoms with Crippen LogP contribution in [0, 0.1) is 12.8 Å². The predicted molar refractivity (Wildman–Crippen MR) is 152 cm³/mol. The minimum absolute atomic E-state index is 0.149. The van der Waals surface area contributed by atoms with Crippen LogP contribution < -0.4 is 15.5 Å². The first kappa shape index (κ1) is 30.1. The molecular formula is C30H38F3N5O4. The first-order chi connectivity index (χ1) is 20.0. The Labute approximate surface area is 243 Å². The molecule has 0 aliphatic carbocycles. The van der Waals surface area contributed by atoms with E-state index in [1.165, 1.54) is 0 Å². The van der Waals surface area contributed by atoms with Gasteiger partial charge in [0.2, 0.25) is 0 Å². The molecule has 1 aromatic carbocycles. The van der Waals surface area contributed by atoms with Crippen LogP contribution in [-0.4, -0.2) is 87.1 Å². The van der Waals surface area contributed by atoms with Gasteiger partial charge in [0.05, 0.1) is 19.6 Å². The lowest BCUT2D eigenvalue weighted by atomic mass is 9.90. The van der Waals surface area contributed by atoms with Crippen molar-refractivity contribution >= 4 is 23.4 Å². The molecule has 1 amide bonds. The molecule has 42 heavy (non-hydrogen) atoms. The van der Waals surface area contributed by atoms with Gasteiger partial charge in [-0.15, -0.1) is 0 Å². The number of rotatable bonds is 6. The molecular weight excluding hydrogens is 551 g/mol. The molecule has 2 unspecified atom stereocenters. The molecule has 4 heterocycles. The standard InChI is InChI=1S/C30H38F3N5O4/c1-19-3-4-23(38-10-7-21(18-30(31,32)33)28(38)42-29(40)27(34)39)17-24(19)22-15-25(20-5-8-36(2)9-6-20)35-26(16-22)37-11-13-41-14-12-37/h3-4,15-17,20-21,28H,5-14,18H2,1-2H3,(H2,34,39). The van der Waals surface area contributed by atoms with Crippen LogP contribution in [0.4, 0.5) is 24.7 Å². The summed E-state index contributed by atoms with van der Waals surface area (Å²) in [5.74, 6) is -2.51. The average molecular weight is 590 g/mol. The van der Waals surface area contributed by atoms with E-state index in [1.54, 1.807) is 4.90 Å². The summed E-state index contributed by atoms with van der Waals surface area (Å²) in [6.45, 7) is 6.95. The number of esters is 1. The van der Waals surface area contributed by atoms with Gasteiger partial charge in [0.1, 0.15) is 5.82 Å². The quantitative estimate of drug-likeness (QED) is 0.401. The van der Waals surface area contributed by atoms with Crippen molar-refractivity contribution < 1.29 is 32.2 Å². The lowest BCUT2D eigenvalue weighted by molar-refractivity contribution is -0.167. The molecule has 0 saturated carbocycles. The van der Waals surface area contributed by atoms with Crippen LogP contribution in [0.1, 0.15) is 42.9 Å². The molecule has 9 nitrogen and oxygen atoms in total. The first-order valence-corrected chi connectivity index (χ1v) is 14.5. The van der Waals surface area contributed by atoms with E-state index in [1.807, 2.05) is 25.1 Å². The van der Waals surface area contributed by atoms with Crippen LogP contribution in [0.25, 0.3) is 11.1 Å². The molecule has 3 fully saturated rings. The smallest absolute Gasteiger partial charge is 0.398 e. The van der Waals surface area contributed by atoms with Crippen molar-refractivity contribution in [1.82, 2.24) is 9.88 Å². The average Bonchev–Trinajstić information content (AvgIpc) is 3.34. The second-order valence-electron chi connectivity index (χ2n) is 11.5. The Hall–Kier alpha value is -3.38. The number of carbonyl (C=O) groups excluding carboxylic acids is 2. The minimum Gasteiger partial charge on any atom is -0.434 e. The number of benzene rings is 1. The SMILES string of the molecule is Cc1ccc(N2CCC(CC(F)(F)F)C2OC(=O)C(N)=O)cc1-c1cc(C2CCN(C)CC2)nc(N2CCOCC2)c1. The summed E-state index contributed by atoms with van der Waals surface area (Å²) in [5.41, 5.74) is 9.59. The molecule has 5 rings (SSSR count). The Bertz CT molecular complexity index is 1290. The molecule has 3 saturated heterocycles. The number of nitrogens with two attached hydrogens (primary N) is 1. The van der Waals surface area contributed by atoms with Crippen molar-refractivity contribution in [2.45, 2.75) is 50.9 Å². The van der Waals surface area contributed by atoms with E-state index in [4.69, 9.17) is 20.2 Å². The van der Waals surface area contributed by atoms with Gasteiger partial charge in [-0.25, -0.2) is 9.78 Å². The van der Waals surface area contributed by atoms with Gasteiger partial charge in [-0.05, 0) is 87.3 Å². The number of amides is 1. The number of ether oxygens (including phenoxy) is 2. The van der Waals surface area contributed by atoms with Gasteiger partial charge in [-0.3, -0.25) is 4.79 Å². The van der Waals surface area contributed by atoms with Crippen LogP contribution >= 0.6 is 0 Å². The van der Waals surface area contributed by atoms with Crippen molar-refractivity contribution in [1.29, 1.82) is 0 Å². The van der Waals surface area contributed by atoms with E-state index < -0.39 is 36.6 Å². The van der Waals surface area contributed by atoms with E-state index in [2.05, 4.69) is 29.0 Å². The minimum atomic E-state index is -4.45. The summed E-state index contributed by atoms with van der Waals surface area (Å²) < 4.78 is 51.0.